The van der Waals surface area contributed by atoms with Gasteiger partial charge in [0.1, 0.15) is 0 Å². The maximum atomic E-state index is 11.8. The molecule has 1 amide bonds. The van der Waals surface area contributed by atoms with Crippen LogP contribution < -0.4 is 11.1 Å². The SMILES string of the molecule is NCCC1(CNC(=O)CC2CCCCC2)CC1. The molecule has 0 aliphatic heterocycles. The van der Waals surface area contributed by atoms with Gasteiger partial charge < -0.3 is 11.1 Å². The predicted octanol–water partition coefficient (Wildman–Crippen LogP) is 2.20. The molecular formula is C14H26N2O. The Morgan fingerprint density at radius 1 is 1.24 bits per heavy atom. The number of hydrogen-bond donors (Lipinski definition) is 2. The summed E-state index contributed by atoms with van der Waals surface area (Å²) < 4.78 is 0. The summed E-state index contributed by atoms with van der Waals surface area (Å²) in [5.41, 5.74) is 5.97. The first-order valence-corrected chi connectivity index (χ1v) is 7.21. The Hall–Kier alpha value is -0.570. The van der Waals surface area contributed by atoms with Gasteiger partial charge in [-0.25, -0.2) is 0 Å². The minimum absolute atomic E-state index is 0.264. The molecule has 3 N–H and O–H groups in total. The Morgan fingerprint density at radius 2 is 1.94 bits per heavy atom. The number of carbonyl (C=O) groups is 1. The van der Waals surface area contributed by atoms with Gasteiger partial charge in [0.05, 0.1) is 0 Å². The molecule has 0 unspecified atom stereocenters. The van der Waals surface area contributed by atoms with Crippen molar-refractivity contribution in [1.82, 2.24) is 5.32 Å². The van der Waals surface area contributed by atoms with Gasteiger partial charge in [-0.15, -0.1) is 0 Å². The number of carbonyl (C=O) groups excluding carboxylic acids is 1. The smallest absolute Gasteiger partial charge is 0.220 e. The molecular weight excluding hydrogens is 212 g/mol. The largest absolute Gasteiger partial charge is 0.356 e. The molecule has 0 radical (unpaired) electrons. The van der Waals surface area contributed by atoms with Gasteiger partial charge in [0.25, 0.3) is 0 Å². The van der Waals surface area contributed by atoms with E-state index in [9.17, 15) is 4.79 Å². The highest BCUT2D eigenvalue weighted by Crippen LogP contribution is 2.47. The third-order valence-corrected chi connectivity index (χ3v) is 4.49. The summed E-state index contributed by atoms with van der Waals surface area (Å²) in [6.45, 7) is 1.61. The van der Waals surface area contributed by atoms with Crippen LogP contribution in [0.25, 0.3) is 0 Å². The molecule has 2 aliphatic carbocycles. The van der Waals surface area contributed by atoms with Gasteiger partial charge in [0.15, 0.2) is 0 Å². The molecule has 0 bridgehead atoms. The molecule has 0 aromatic rings. The van der Waals surface area contributed by atoms with Crippen molar-refractivity contribution >= 4 is 5.91 Å². The Labute approximate surface area is 105 Å². The second-order valence-electron chi connectivity index (χ2n) is 6.02. The third kappa shape index (κ3) is 3.98. The summed E-state index contributed by atoms with van der Waals surface area (Å²) in [5.74, 6) is 0.911. The third-order valence-electron chi connectivity index (χ3n) is 4.49. The summed E-state index contributed by atoms with van der Waals surface area (Å²) in [5, 5.41) is 3.12. The van der Waals surface area contributed by atoms with E-state index in [0.29, 0.717) is 11.3 Å². The molecule has 2 aliphatic rings. The van der Waals surface area contributed by atoms with Crippen molar-refractivity contribution in [3.05, 3.63) is 0 Å². The van der Waals surface area contributed by atoms with Crippen LogP contribution >= 0.6 is 0 Å². The molecule has 0 heterocycles. The van der Waals surface area contributed by atoms with Crippen LogP contribution in [-0.2, 0) is 4.79 Å². The van der Waals surface area contributed by atoms with E-state index in [-0.39, 0.29) is 5.91 Å². The molecule has 3 heteroatoms. The van der Waals surface area contributed by atoms with E-state index in [0.717, 1.165) is 25.9 Å². The number of nitrogens with one attached hydrogen (secondary N) is 1. The van der Waals surface area contributed by atoms with E-state index in [1.807, 2.05) is 0 Å². The number of hydrogen-bond acceptors (Lipinski definition) is 2. The standard InChI is InChI=1S/C14H26N2O/c15-9-8-14(6-7-14)11-16-13(17)10-12-4-2-1-3-5-12/h12H,1-11,15H2,(H,16,17). The van der Waals surface area contributed by atoms with E-state index in [2.05, 4.69) is 5.32 Å². The Balaban J connectivity index is 1.63. The van der Waals surface area contributed by atoms with Crippen LogP contribution in [0.2, 0.25) is 0 Å². The van der Waals surface area contributed by atoms with Gasteiger partial charge in [-0.05, 0) is 50.0 Å². The second-order valence-corrected chi connectivity index (χ2v) is 6.02. The van der Waals surface area contributed by atoms with Crippen LogP contribution in [0.3, 0.4) is 0 Å². The minimum atomic E-state index is 0.264. The minimum Gasteiger partial charge on any atom is -0.356 e. The maximum Gasteiger partial charge on any atom is 0.220 e. The molecule has 3 nitrogen and oxygen atoms in total. The molecule has 0 aromatic heterocycles. The zero-order valence-corrected chi connectivity index (χ0v) is 10.8. The maximum absolute atomic E-state index is 11.8. The van der Waals surface area contributed by atoms with Gasteiger partial charge in [0, 0.05) is 13.0 Å². The molecule has 0 aromatic carbocycles. The van der Waals surface area contributed by atoms with Crippen molar-refractivity contribution in [2.75, 3.05) is 13.1 Å². The fraction of sp³-hybridized carbons (Fsp3) is 0.929. The first-order chi connectivity index (χ1) is 8.24. The zero-order valence-electron chi connectivity index (χ0n) is 10.8. The average Bonchev–Trinajstić information content (AvgIpc) is 3.09. The fourth-order valence-electron chi connectivity index (χ4n) is 3.01. The number of rotatable bonds is 6. The molecule has 2 fully saturated rings. The number of nitrogens with two attached hydrogens (primary N) is 1. The highest BCUT2D eigenvalue weighted by Gasteiger charge is 2.41. The second kappa shape index (κ2) is 5.85. The molecule has 2 rings (SSSR count). The van der Waals surface area contributed by atoms with E-state index in [1.54, 1.807) is 0 Å². The zero-order chi connectivity index (χ0) is 12.1. The van der Waals surface area contributed by atoms with Crippen LogP contribution in [0, 0.1) is 11.3 Å². The first-order valence-electron chi connectivity index (χ1n) is 7.21. The summed E-state index contributed by atoms with van der Waals surface area (Å²) in [4.78, 5) is 11.8. The van der Waals surface area contributed by atoms with E-state index >= 15 is 0 Å². The summed E-state index contributed by atoms with van der Waals surface area (Å²) in [6.07, 6.45) is 10.8. The molecule has 0 atom stereocenters. The predicted molar refractivity (Wildman–Crippen MR) is 69.5 cm³/mol. The molecule has 98 valence electrons. The van der Waals surface area contributed by atoms with Gasteiger partial charge in [0.2, 0.25) is 5.91 Å². The summed E-state index contributed by atoms with van der Waals surface area (Å²) in [7, 11) is 0. The van der Waals surface area contributed by atoms with Gasteiger partial charge in [-0.3, -0.25) is 4.79 Å². The van der Waals surface area contributed by atoms with Crippen molar-refractivity contribution in [2.24, 2.45) is 17.1 Å². The van der Waals surface area contributed by atoms with Crippen molar-refractivity contribution < 1.29 is 4.79 Å². The Bertz CT molecular complexity index is 255. The van der Waals surface area contributed by atoms with Gasteiger partial charge in [-0.2, -0.15) is 0 Å². The van der Waals surface area contributed by atoms with Crippen molar-refractivity contribution in [3.63, 3.8) is 0 Å². The van der Waals surface area contributed by atoms with Crippen LogP contribution in [0.1, 0.15) is 57.8 Å². The summed E-state index contributed by atoms with van der Waals surface area (Å²) >= 11 is 0. The Kier molecular flexibility index (Phi) is 4.43. The summed E-state index contributed by atoms with van der Waals surface area (Å²) in [6, 6.07) is 0. The van der Waals surface area contributed by atoms with Crippen LogP contribution in [0.15, 0.2) is 0 Å². The average molecular weight is 238 g/mol. The first kappa shape index (κ1) is 12.9. The lowest BCUT2D eigenvalue weighted by Crippen LogP contribution is -2.32. The van der Waals surface area contributed by atoms with Crippen LogP contribution in [0.5, 0.6) is 0 Å². The fourth-order valence-corrected chi connectivity index (χ4v) is 3.01. The lowest BCUT2D eigenvalue weighted by molar-refractivity contribution is -0.122. The molecule has 17 heavy (non-hydrogen) atoms. The van der Waals surface area contributed by atoms with Crippen LogP contribution in [-0.4, -0.2) is 19.0 Å². The van der Waals surface area contributed by atoms with Crippen molar-refractivity contribution in [2.45, 2.75) is 57.8 Å². The van der Waals surface area contributed by atoms with Crippen molar-refractivity contribution in [1.29, 1.82) is 0 Å². The lowest BCUT2D eigenvalue weighted by atomic mass is 9.87. The Morgan fingerprint density at radius 3 is 2.53 bits per heavy atom. The molecule has 2 saturated carbocycles. The topological polar surface area (TPSA) is 55.1 Å². The number of amides is 1. The van der Waals surface area contributed by atoms with Crippen molar-refractivity contribution in [3.8, 4) is 0 Å². The van der Waals surface area contributed by atoms with E-state index in [1.165, 1.54) is 44.9 Å². The van der Waals surface area contributed by atoms with E-state index < -0.39 is 0 Å². The van der Waals surface area contributed by atoms with Crippen LogP contribution in [0.4, 0.5) is 0 Å². The lowest BCUT2D eigenvalue weighted by Gasteiger charge is -2.21. The monoisotopic (exact) mass is 238 g/mol. The highest BCUT2D eigenvalue weighted by molar-refractivity contribution is 5.76. The molecule has 0 saturated heterocycles. The quantitative estimate of drug-likeness (QED) is 0.745. The highest BCUT2D eigenvalue weighted by atomic mass is 16.1. The molecule has 0 spiro atoms. The van der Waals surface area contributed by atoms with Gasteiger partial charge in [-0.1, -0.05) is 19.3 Å². The van der Waals surface area contributed by atoms with E-state index in [4.69, 9.17) is 5.73 Å². The van der Waals surface area contributed by atoms with Gasteiger partial charge >= 0.3 is 0 Å². The normalized spacial score (nSPS) is 23.4.